The van der Waals surface area contributed by atoms with Gasteiger partial charge in [0.05, 0.1) is 5.69 Å². The highest BCUT2D eigenvalue weighted by Gasteiger charge is 2.04. The van der Waals surface area contributed by atoms with Crippen molar-refractivity contribution in [1.29, 1.82) is 5.26 Å². The molecule has 0 aromatic heterocycles. The number of nitriles is 1. The van der Waals surface area contributed by atoms with E-state index < -0.39 is 6.09 Å². The first-order chi connectivity index (χ1) is 10.2. The first-order valence-electron chi connectivity index (χ1n) is 6.40. The van der Waals surface area contributed by atoms with Crippen LogP contribution in [-0.4, -0.2) is 13.1 Å². The van der Waals surface area contributed by atoms with Crippen LogP contribution in [-0.2, 0) is 11.3 Å². The lowest BCUT2D eigenvalue weighted by molar-refractivity contribution is 0.155. The fourth-order valence-electron chi connectivity index (χ4n) is 1.70. The van der Waals surface area contributed by atoms with Crippen molar-refractivity contribution in [2.75, 3.05) is 17.3 Å². The third-order valence-corrected chi connectivity index (χ3v) is 2.86. The van der Waals surface area contributed by atoms with Crippen LogP contribution in [0.4, 0.5) is 16.2 Å². The Hall–Kier alpha value is -3.00. The maximum absolute atomic E-state index is 11.7. The molecule has 1 N–H and O–H groups in total. The van der Waals surface area contributed by atoms with Crippen LogP contribution in [0.3, 0.4) is 0 Å². The lowest BCUT2D eigenvalue weighted by atomic mass is 10.2. The fraction of sp³-hybridized carbons (Fsp3) is 0.125. The van der Waals surface area contributed by atoms with Gasteiger partial charge in [0.2, 0.25) is 0 Å². The zero-order valence-electron chi connectivity index (χ0n) is 11.6. The van der Waals surface area contributed by atoms with E-state index in [1.165, 1.54) is 4.90 Å². The smallest absolute Gasteiger partial charge is 0.411 e. The molecular weight excluding hydrogens is 266 g/mol. The summed E-state index contributed by atoms with van der Waals surface area (Å²) < 4.78 is 5.12. The molecule has 0 atom stereocenters. The Labute approximate surface area is 123 Å². The summed E-state index contributed by atoms with van der Waals surface area (Å²) in [5, 5.41) is 11.4. The van der Waals surface area contributed by atoms with E-state index >= 15 is 0 Å². The third kappa shape index (κ3) is 4.25. The van der Waals surface area contributed by atoms with Gasteiger partial charge in [-0.15, -0.1) is 0 Å². The van der Waals surface area contributed by atoms with Crippen molar-refractivity contribution in [3.63, 3.8) is 0 Å². The molecule has 0 spiro atoms. The minimum absolute atomic E-state index is 0.224. The van der Waals surface area contributed by atoms with Crippen LogP contribution in [0.1, 0.15) is 5.56 Å². The number of nitrogens with zero attached hydrogens (tertiary/aromatic N) is 2. The minimum atomic E-state index is -0.514. The second-order valence-electron chi connectivity index (χ2n) is 4.39. The van der Waals surface area contributed by atoms with Crippen LogP contribution in [0, 0.1) is 11.5 Å². The first kappa shape index (κ1) is 14.4. The molecular formula is C16H15N3O2. The van der Waals surface area contributed by atoms with Gasteiger partial charge in [-0.3, -0.25) is 10.2 Å². The Balaban J connectivity index is 1.87. The lowest BCUT2D eigenvalue weighted by Gasteiger charge is -2.10. The zero-order chi connectivity index (χ0) is 15.1. The average Bonchev–Trinajstić information content (AvgIpc) is 2.54. The van der Waals surface area contributed by atoms with Gasteiger partial charge in [-0.05, 0) is 29.8 Å². The van der Waals surface area contributed by atoms with E-state index in [0.717, 1.165) is 11.3 Å². The maximum Gasteiger partial charge on any atom is 0.411 e. The number of hydrogen-bond donors (Lipinski definition) is 1. The number of rotatable bonds is 4. The van der Waals surface area contributed by atoms with Crippen LogP contribution in [0.2, 0.25) is 0 Å². The summed E-state index contributed by atoms with van der Waals surface area (Å²) in [5.74, 6) is 0. The molecule has 2 rings (SSSR count). The highest BCUT2D eigenvalue weighted by molar-refractivity contribution is 5.84. The standard InChI is InChI=1S/C16H15N3O2/c1-19(12-17)15-9-7-14(8-10-15)18-16(20)21-11-13-5-3-2-4-6-13/h2-10H,11H2,1H3,(H,18,20). The first-order valence-corrected chi connectivity index (χ1v) is 6.40. The molecule has 2 aromatic rings. The van der Waals surface area contributed by atoms with Crippen LogP contribution in [0.25, 0.3) is 0 Å². The molecule has 2 aromatic carbocycles. The van der Waals surface area contributed by atoms with Gasteiger partial charge >= 0.3 is 6.09 Å². The van der Waals surface area contributed by atoms with E-state index in [0.29, 0.717) is 5.69 Å². The van der Waals surface area contributed by atoms with Gasteiger partial charge in [-0.2, -0.15) is 5.26 Å². The highest BCUT2D eigenvalue weighted by Crippen LogP contribution is 2.16. The van der Waals surface area contributed by atoms with E-state index in [1.807, 2.05) is 36.5 Å². The molecule has 0 aliphatic rings. The molecule has 0 bridgehead atoms. The summed E-state index contributed by atoms with van der Waals surface area (Å²) in [6.45, 7) is 0.224. The van der Waals surface area contributed by atoms with Gasteiger partial charge in [0.25, 0.3) is 0 Å². The Morgan fingerprint density at radius 3 is 2.48 bits per heavy atom. The second kappa shape index (κ2) is 6.96. The van der Waals surface area contributed by atoms with Gasteiger partial charge in [-0.25, -0.2) is 4.79 Å². The molecule has 0 unspecified atom stereocenters. The topological polar surface area (TPSA) is 65.4 Å². The monoisotopic (exact) mass is 281 g/mol. The van der Waals surface area contributed by atoms with E-state index in [4.69, 9.17) is 10.00 Å². The number of carbonyl (C=O) groups is 1. The van der Waals surface area contributed by atoms with Crippen molar-refractivity contribution in [2.24, 2.45) is 0 Å². The molecule has 5 nitrogen and oxygen atoms in total. The molecule has 0 saturated heterocycles. The average molecular weight is 281 g/mol. The van der Waals surface area contributed by atoms with Crippen molar-refractivity contribution in [1.82, 2.24) is 0 Å². The Bertz CT molecular complexity index is 633. The van der Waals surface area contributed by atoms with Crippen molar-refractivity contribution in [3.8, 4) is 6.19 Å². The molecule has 0 fully saturated rings. The van der Waals surface area contributed by atoms with Gasteiger partial charge in [0.15, 0.2) is 6.19 Å². The van der Waals surface area contributed by atoms with E-state index in [-0.39, 0.29) is 6.61 Å². The molecule has 0 aliphatic heterocycles. The van der Waals surface area contributed by atoms with Crippen molar-refractivity contribution >= 4 is 17.5 Å². The quantitative estimate of drug-likeness (QED) is 0.689. The number of anilines is 2. The van der Waals surface area contributed by atoms with Crippen LogP contribution in [0.15, 0.2) is 54.6 Å². The minimum Gasteiger partial charge on any atom is -0.444 e. The third-order valence-electron chi connectivity index (χ3n) is 2.86. The SMILES string of the molecule is CN(C#N)c1ccc(NC(=O)OCc2ccccc2)cc1. The zero-order valence-corrected chi connectivity index (χ0v) is 11.6. The normalized spacial score (nSPS) is 9.52. The van der Waals surface area contributed by atoms with E-state index in [1.54, 1.807) is 31.3 Å². The molecule has 5 heteroatoms. The van der Waals surface area contributed by atoms with Gasteiger partial charge in [-0.1, -0.05) is 30.3 Å². The number of carbonyl (C=O) groups excluding carboxylic acids is 1. The van der Waals surface area contributed by atoms with Gasteiger partial charge in [0.1, 0.15) is 6.61 Å². The lowest BCUT2D eigenvalue weighted by Crippen LogP contribution is -2.13. The van der Waals surface area contributed by atoms with Crippen molar-refractivity contribution in [3.05, 3.63) is 60.2 Å². The summed E-state index contributed by atoms with van der Waals surface area (Å²) >= 11 is 0. The summed E-state index contributed by atoms with van der Waals surface area (Å²) in [7, 11) is 1.66. The molecule has 0 saturated carbocycles. The predicted octanol–water partition coefficient (Wildman–Crippen LogP) is 3.35. The van der Waals surface area contributed by atoms with Crippen molar-refractivity contribution < 1.29 is 9.53 Å². The van der Waals surface area contributed by atoms with Crippen molar-refractivity contribution in [2.45, 2.75) is 6.61 Å². The molecule has 106 valence electrons. The van der Waals surface area contributed by atoms with Gasteiger partial charge < -0.3 is 4.74 Å². The molecule has 1 amide bonds. The maximum atomic E-state index is 11.7. The highest BCUT2D eigenvalue weighted by atomic mass is 16.5. The molecule has 21 heavy (non-hydrogen) atoms. The predicted molar refractivity (Wildman–Crippen MR) is 80.7 cm³/mol. The Kier molecular flexibility index (Phi) is 4.78. The summed E-state index contributed by atoms with van der Waals surface area (Å²) in [4.78, 5) is 13.1. The summed E-state index contributed by atoms with van der Waals surface area (Å²) in [6.07, 6.45) is 1.49. The number of ether oxygens (including phenoxy) is 1. The number of hydrogen-bond acceptors (Lipinski definition) is 4. The van der Waals surface area contributed by atoms with Gasteiger partial charge in [0, 0.05) is 12.7 Å². The largest absolute Gasteiger partial charge is 0.444 e. The Morgan fingerprint density at radius 2 is 1.86 bits per heavy atom. The molecule has 0 heterocycles. The number of nitrogens with one attached hydrogen (secondary N) is 1. The van der Waals surface area contributed by atoms with E-state index in [9.17, 15) is 4.79 Å². The summed E-state index contributed by atoms with van der Waals surface area (Å²) in [6, 6.07) is 16.4. The van der Waals surface area contributed by atoms with Crippen LogP contribution < -0.4 is 10.2 Å². The Morgan fingerprint density at radius 1 is 1.19 bits per heavy atom. The summed E-state index contributed by atoms with van der Waals surface area (Å²) in [5.41, 5.74) is 2.29. The molecule has 0 radical (unpaired) electrons. The van der Waals surface area contributed by atoms with E-state index in [2.05, 4.69) is 5.32 Å². The van der Waals surface area contributed by atoms with Crippen LogP contribution >= 0.6 is 0 Å². The fourth-order valence-corrected chi connectivity index (χ4v) is 1.70. The number of benzene rings is 2. The van der Waals surface area contributed by atoms with Crippen LogP contribution in [0.5, 0.6) is 0 Å². The molecule has 0 aliphatic carbocycles. The second-order valence-corrected chi connectivity index (χ2v) is 4.39. The number of amides is 1.